The Balaban J connectivity index is 1.29. The van der Waals surface area contributed by atoms with E-state index in [9.17, 15) is 0 Å². The second kappa shape index (κ2) is 11.1. The molecule has 0 fully saturated rings. The number of hydrogen-bond acceptors (Lipinski definition) is 3. The Morgan fingerprint density at radius 3 is 1.96 bits per heavy atom. The summed E-state index contributed by atoms with van der Waals surface area (Å²) in [6.45, 7) is 8.73. The first-order valence-corrected chi connectivity index (χ1v) is 16.3. The summed E-state index contributed by atoms with van der Waals surface area (Å²) in [5.74, 6) is -2.57. The highest BCUT2D eigenvalue weighted by Crippen LogP contribution is 2.47. The molecule has 0 atom stereocenters. The highest BCUT2D eigenvalue weighted by atomic mass is 19.3. The van der Waals surface area contributed by atoms with Crippen LogP contribution >= 0.6 is 0 Å². The van der Waals surface area contributed by atoms with Crippen molar-refractivity contribution < 1.29 is 8.78 Å². The third-order valence-corrected chi connectivity index (χ3v) is 9.44. The number of benzene rings is 5. The van der Waals surface area contributed by atoms with Crippen LogP contribution in [0.2, 0.25) is 0 Å². The van der Waals surface area contributed by atoms with Gasteiger partial charge in [0.05, 0.1) is 22.4 Å². The van der Waals surface area contributed by atoms with Crippen LogP contribution in [0.25, 0.3) is 27.6 Å². The maximum Gasteiger partial charge on any atom is 0.298 e. The fourth-order valence-corrected chi connectivity index (χ4v) is 6.87. The third-order valence-electron chi connectivity index (χ3n) is 9.44. The third kappa shape index (κ3) is 4.91. The highest BCUT2D eigenvalue weighted by Gasteiger charge is 2.37. The number of aryl methyl sites for hydroxylation is 1. The van der Waals surface area contributed by atoms with Crippen molar-refractivity contribution in [1.82, 2.24) is 9.55 Å². The summed E-state index contributed by atoms with van der Waals surface area (Å²) in [6.07, 6.45) is 1.76. The molecule has 0 aliphatic carbocycles. The normalized spacial score (nSPS) is 13.5. The highest BCUT2D eigenvalue weighted by molar-refractivity contribution is 6.09. The van der Waals surface area contributed by atoms with E-state index >= 15 is 8.78 Å². The van der Waals surface area contributed by atoms with E-state index in [2.05, 4.69) is 65.9 Å². The van der Waals surface area contributed by atoms with Crippen LogP contribution in [-0.2, 0) is 11.3 Å². The number of fused-ring (bicyclic) bond motifs is 4. The molecule has 0 bridgehead atoms. The van der Waals surface area contributed by atoms with E-state index in [1.165, 1.54) is 0 Å². The van der Waals surface area contributed by atoms with E-state index in [0.29, 0.717) is 18.0 Å². The molecule has 8 rings (SSSR count). The Kier molecular flexibility index (Phi) is 6.88. The molecule has 3 heterocycles. The van der Waals surface area contributed by atoms with Crippen LogP contribution in [0.15, 0.2) is 134 Å². The standard InChI is InChI=1S/C42H36F2N4/c1-28-20-21-45-40(22-28)48-36-15-9-8-14-34(36)35-19-18-29(26-39(35)48)42(43,44)31-23-30(41(2,3)4)24-33(25-31)47-27-46(32-12-6-5-7-13-32)37-16-10-11-17-38(37)47/h5-26H,27H2,1-4H3. The van der Waals surface area contributed by atoms with Crippen molar-refractivity contribution in [2.45, 2.75) is 39.0 Å². The molecule has 0 spiro atoms. The molecule has 1 aliphatic rings. The van der Waals surface area contributed by atoms with Crippen LogP contribution < -0.4 is 9.80 Å². The van der Waals surface area contributed by atoms with Gasteiger partial charge in [-0.25, -0.2) is 4.98 Å². The first kappa shape index (κ1) is 29.9. The number of halogens is 2. The number of pyridine rings is 1. The zero-order chi connectivity index (χ0) is 33.2. The summed E-state index contributed by atoms with van der Waals surface area (Å²) in [6, 6.07) is 40.8. The van der Waals surface area contributed by atoms with Gasteiger partial charge in [-0.2, -0.15) is 8.78 Å². The van der Waals surface area contributed by atoms with Gasteiger partial charge in [0.15, 0.2) is 0 Å². The molecule has 6 heteroatoms. The second-order valence-electron chi connectivity index (χ2n) is 13.7. The number of nitrogens with zero attached hydrogens (tertiary/aromatic N) is 4. The lowest BCUT2D eigenvalue weighted by molar-refractivity contribution is 0.0428. The summed E-state index contributed by atoms with van der Waals surface area (Å²) in [7, 11) is 0. The molecule has 0 amide bonds. The van der Waals surface area contributed by atoms with Crippen LogP contribution in [0.5, 0.6) is 0 Å². The number of rotatable bonds is 5. The topological polar surface area (TPSA) is 24.3 Å². The van der Waals surface area contributed by atoms with Crippen molar-refractivity contribution in [2.75, 3.05) is 16.5 Å². The number of alkyl halides is 2. The lowest BCUT2D eigenvalue weighted by Gasteiger charge is -2.28. The molecule has 1 aliphatic heterocycles. The van der Waals surface area contributed by atoms with Gasteiger partial charge in [-0.15, -0.1) is 0 Å². The molecule has 2 aromatic heterocycles. The summed E-state index contributed by atoms with van der Waals surface area (Å²) in [5, 5.41) is 1.91. The van der Waals surface area contributed by atoms with E-state index in [-0.39, 0.29) is 16.5 Å². The number of anilines is 4. The number of aromatic nitrogens is 2. The first-order chi connectivity index (χ1) is 23.1. The summed E-state index contributed by atoms with van der Waals surface area (Å²) >= 11 is 0. The molecule has 7 aromatic rings. The molecular weight excluding hydrogens is 598 g/mol. The van der Waals surface area contributed by atoms with E-state index in [4.69, 9.17) is 0 Å². The fourth-order valence-electron chi connectivity index (χ4n) is 6.87. The minimum atomic E-state index is -3.27. The first-order valence-electron chi connectivity index (χ1n) is 16.3. The monoisotopic (exact) mass is 634 g/mol. The molecule has 0 unspecified atom stereocenters. The zero-order valence-electron chi connectivity index (χ0n) is 27.5. The molecule has 0 saturated heterocycles. The Labute approximate surface area is 279 Å². The maximum atomic E-state index is 17.1. The predicted molar refractivity (Wildman–Crippen MR) is 193 cm³/mol. The van der Waals surface area contributed by atoms with Gasteiger partial charge in [-0.1, -0.05) is 81.4 Å². The van der Waals surface area contributed by atoms with Crippen LogP contribution in [0, 0.1) is 6.92 Å². The van der Waals surface area contributed by atoms with E-state index < -0.39 is 5.92 Å². The van der Waals surface area contributed by atoms with Crippen molar-refractivity contribution in [3.8, 4) is 5.82 Å². The Morgan fingerprint density at radius 1 is 0.583 bits per heavy atom. The minimum Gasteiger partial charge on any atom is -0.321 e. The summed E-state index contributed by atoms with van der Waals surface area (Å²) in [5.41, 5.74) is 6.90. The van der Waals surface area contributed by atoms with Gasteiger partial charge in [0, 0.05) is 39.5 Å². The minimum absolute atomic E-state index is 0.0312. The quantitative estimate of drug-likeness (QED) is 0.188. The molecule has 0 saturated carbocycles. The average molecular weight is 635 g/mol. The number of hydrogen-bond donors (Lipinski definition) is 0. The van der Waals surface area contributed by atoms with Crippen molar-refractivity contribution in [3.05, 3.63) is 156 Å². The van der Waals surface area contributed by atoms with Crippen LogP contribution in [0.3, 0.4) is 0 Å². The lowest BCUT2D eigenvalue weighted by atomic mass is 9.84. The van der Waals surface area contributed by atoms with Gasteiger partial charge < -0.3 is 9.80 Å². The van der Waals surface area contributed by atoms with Crippen LogP contribution in [0.1, 0.15) is 43.0 Å². The fraction of sp³-hybridized carbons (Fsp3) is 0.167. The average Bonchev–Trinajstić information content (AvgIpc) is 3.64. The number of para-hydroxylation sites is 4. The smallest absolute Gasteiger partial charge is 0.298 e. The van der Waals surface area contributed by atoms with Gasteiger partial charge >= 0.3 is 0 Å². The van der Waals surface area contributed by atoms with Crippen LogP contribution in [0.4, 0.5) is 31.5 Å². The van der Waals surface area contributed by atoms with Gasteiger partial charge in [0.25, 0.3) is 5.92 Å². The van der Waals surface area contributed by atoms with Gasteiger partial charge in [-0.05, 0) is 90.2 Å². The van der Waals surface area contributed by atoms with Crippen molar-refractivity contribution >= 4 is 44.6 Å². The van der Waals surface area contributed by atoms with Crippen LogP contribution in [-0.4, -0.2) is 16.2 Å². The Bertz CT molecular complexity index is 2320. The van der Waals surface area contributed by atoms with Crippen molar-refractivity contribution in [3.63, 3.8) is 0 Å². The van der Waals surface area contributed by atoms with Crippen molar-refractivity contribution in [2.24, 2.45) is 0 Å². The Hall–Kier alpha value is -5.49. The van der Waals surface area contributed by atoms with Gasteiger partial charge in [0.2, 0.25) is 0 Å². The zero-order valence-corrected chi connectivity index (χ0v) is 27.5. The second-order valence-corrected chi connectivity index (χ2v) is 13.7. The predicted octanol–water partition coefficient (Wildman–Crippen LogP) is 11.2. The van der Waals surface area contributed by atoms with Gasteiger partial charge in [-0.3, -0.25) is 4.57 Å². The molecular formula is C42H36F2N4. The summed E-state index contributed by atoms with van der Waals surface area (Å²) in [4.78, 5) is 9.00. The Morgan fingerprint density at radius 2 is 1.23 bits per heavy atom. The molecule has 48 heavy (non-hydrogen) atoms. The van der Waals surface area contributed by atoms with E-state index in [0.717, 1.165) is 50.2 Å². The molecule has 238 valence electrons. The molecule has 5 aromatic carbocycles. The lowest BCUT2D eigenvalue weighted by Crippen LogP contribution is -2.25. The molecule has 4 nitrogen and oxygen atoms in total. The van der Waals surface area contributed by atoms with Crippen molar-refractivity contribution in [1.29, 1.82) is 0 Å². The van der Waals surface area contributed by atoms with E-state index in [1.54, 1.807) is 30.5 Å². The summed E-state index contributed by atoms with van der Waals surface area (Å²) < 4.78 is 36.2. The molecule has 0 N–H and O–H groups in total. The van der Waals surface area contributed by atoms with Gasteiger partial charge in [0.1, 0.15) is 12.5 Å². The SMILES string of the molecule is Cc1ccnc(-n2c3ccccc3c3ccc(C(F)(F)c4cc(N5CN(c6ccccc6)c6ccccc65)cc(C(C)(C)C)c4)cc32)c1. The maximum absolute atomic E-state index is 17.1. The largest absolute Gasteiger partial charge is 0.321 e. The molecule has 0 radical (unpaired) electrons. The van der Waals surface area contributed by atoms with E-state index in [1.807, 2.05) is 84.3 Å².